The van der Waals surface area contributed by atoms with E-state index in [-0.39, 0.29) is 18.9 Å². The summed E-state index contributed by atoms with van der Waals surface area (Å²) in [6.07, 6.45) is 0.427. The lowest BCUT2D eigenvalue weighted by Gasteiger charge is -2.28. The molecule has 3 fully saturated rings. The van der Waals surface area contributed by atoms with Crippen LogP contribution in [0.15, 0.2) is 0 Å². The Morgan fingerprint density at radius 2 is 1.87 bits per heavy atom. The zero-order valence-corrected chi connectivity index (χ0v) is 12.9. The fourth-order valence-corrected chi connectivity index (χ4v) is 4.10. The lowest BCUT2D eigenvalue weighted by molar-refractivity contribution is -0.158. The largest absolute Gasteiger partial charge is 0.406 e. The third kappa shape index (κ3) is 4.16. The molecule has 0 aliphatic carbocycles. The summed E-state index contributed by atoms with van der Waals surface area (Å²) in [4.78, 5) is 24.8. The van der Waals surface area contributed by atoms with E-state index in [2.05, 4.69) is 10.6 Å². The molecule has 0 radical (unpaired) electrons. The van der Waals surface area contributed by atoms with Gasteiger partial charge in [0.05, 0.1) is 0 Å². The van der Waals surface area contributed by atoms with Crippen LogP contribution in [-0.2, 0) is 9.59 Å². The summed E-state index contributed by atoms with van der Waals surface area (Å²) >= 11 is 0. The van der Waals surface area contributed by atoms with Gasteiger partial charge in [-0.1, -0.05) is 0 Å². The molecule has 3 atom stereocenters. The fraction of sp³-hybridized carbons (Fsp3) is 0.867. The Labute approximate surface area is 133 Å². The maximum Gasteiger partial charge on any atom is 0.406 e. The number of likely N-dealkylation sites (tertiary alicyclic amines) is 1. The molecule has 2 N–H and O–H groups in total. The van der Waals surface area contributed by atoms with Gasteiger partial charge >= 0.3 is 6.18 Å². The first-order chi connectivity index (χ1) is 10.8. The van der Waals surface area contributed by atoms with Crippen molar-refractivity contribution in [2.45, 2.75) is 62.8 Å². The second-order valence-corrected chi connectivity index (χ2v) is 6.96. The number of nitrogens with zero attached hydrogens (tertiary/aromatic N) is 1. The molecular formula is C15H22F3N3O2. The molecule has 0 aromatic heterocycles. The van der Waals surface area contributed by atoms with Crippen LogP contribution < -0.4 is 10.6 Å². The minimum absolute atomic E-state index is 0.0424. The summed E-state index contributed by atoms with van der Waals surface area (Å²) in [5.74, 6) is -0.541. The SMILES string of the molecule is O=C(CC1CC2CCC(C1)N2)NC1CCN(CC(F)(F)F)C1=O. The van der Waals surface area contributed by atoms with Gasteiger partial charge in [-0.15, -0.1) is 0 Å². The third-order valence-corrected chi connectivity index (χ3v) is 5.05. The van der Waals surface area contributed by atoms with Crippen LogP contribution in [0.25, 0.3) is 0 Å². The first kappa shape index (κ1) is 16.5. The zero-order chi connectivity index (χ0) is 16.6. The fourth-order valence-electron chi connectivity index (χ4n) is 4.10. The summed E-state index contributed by atoms with van der Waals surface area (Å²) in [5.41, 5.74) is 0. The van der Waals surface area contributed by atoms with Crippen LogP contribution in [0.3, 0.4) is 0 Å². The number of hydrogen-bond donors (Lipinski definition) is 2. The zero-order valence-electron chi connectivity index (χ0n) is 12.9. The molecule has 23 heavy (non-hydrogen) atoms. The van der Waals surface area contributed by atoms with Crippen LogP contribution >= 0.6 is 0 Å². The molecule has 3 heterocycles. The second kappa shape index (κ2) is 6.30. The number of halogens is 3. The lowest BCUT2D eigenvalue weighted by atomic mass is 9.89. The highest BCUT2D eigenvalue weighted by Gasteiger charge is 2.40. The Bertz CT molecular complexity index is 471. The van der Waals surface area contributed by atoms with Crippen molar-refractivity contribution in [3.05, 3.63) is 0 Å². The molecule has 3 aliphatic rings. The van der Waals surface area contributed by atoms with Crippen molar-refractivity contribution >= 4 is 11.8 Å². The number of amides is 2. The Kier molecular flexibility index (Phi) is 4.53. The minimum Gasteiger partial charge on any atom is -0.344 e. The van der Waals surface area contributed by atoms with Gasteiger partial charge in [-0.3, -0.25) is 9.59 Å². The van der Waals surface area contributed by atoms with Crippen molar-refractivity contribution in [1.82, 2.24) is 15.5 Å². The number of alkyl halides is 3. The van der Waals surface area contributed by atoms with E-state index in [1.54, 1.807) is 0 Å². The quantitative estimate of drug-likeness (QED) is 0.812. The molecule has 2 bridgehead atoms. The maximum atomic E-state index is 12.4. The molecule has 8 heteroatoms. The topological polar surface area (TPSA) is 61.4 Å². The predicted molar refractivity (Wildman–Crippen MR) is 76.5 cm³/mol. The Hall–Kier alpha value is -1.31. The average molecular weight is 333 g/mol. The van der Waals surface area contributed by atoms with Gasteiger partial charge in [-0.2, -0.15) is 13.2 Å². The molecular weight excluding hydrogens is 311 g/mol. The molecule has 5 nitrogen and oxygen atoms in total. The van der Waals surface area contributed by atoms with Gasteiger partial charge in [0.1, 0.15) is 12.6 Å². The van der Waals surface area contributed by atoms with Crippen LogP contribution in [0.2, 0.25) is 0 Å². The van der Waals surface area contributed by atoms with Crippen molar-refractivity contribution < 1.29 is 22.8 Å². The third-order valence-electron chi connectivity index (χ3n) is 5.05. The van der Waals surface area contributed by atoms with E-state index < -0.39 is 24.7 Å². The number of carbonyl (C=O) groups excluding carboxylic acids is 2. The molecule has 0 spiro atoms. The van der Waals surface area contributed by atoms with E-state index in [1.165, 1.54) is 0 Å². The van der Waals surface area contributed by atoms with Crippen LogP contribution in [-0.4, -0.2) is 54.1 Å². The van der Waals surface area contributed by atoms with E-state index in [0.29, 0.717) is 24.4 Å². The van der Waals surface area contributed by atoms with Gasteiger partial charge in [0.25, 0.3) is 0 Å². The smallest absolute Gasteiger partial charge is 0.344 e. The molecule has 3 unspecified atom stereocenters. The van der Waals surface area contributed by atoms with Gasteiger partial charge in [-0.25, -0.2) is 0 Å². The summed E-state index contributed by atoms with van der Waals surface area (Å²) in [6, 6.07) is 0.173. The Morgan fingerprint density at radius 3 is 2.48 bits per heavy atom. The molecule has 0 aromatic rings. The molecule has 3 saturated heterocycles. The summed E-state index contributed by atoms with van der Waals surface area (Å²) in [7, 11) is 0. The van der Waals surface area contributed by atoms with Crippen LogP contribution in [0.1, 0.15) is 38.5 Å². The van der Waals surface area contributed by atoms with Gasteiger partial charge in [0, 0.05) is 25.0 Å². The lowest BCUT2D eigenvalue weighted by Crippen LogP contribution is -2.45. The first-order valence-corrected chi connectivity index (χ1v) is 8.21. The van der Waals surface area contributed by atoms with Gasteiger partial charge < -0.3 is 15.5 Å². The highest BCUT2D eigenvalue weighted by Crippen LogP contribution is 2.32. The monoisotopic (exact) mass is 333 g/mol. The van der Waals surface area contributed by atoms with Crippen molar-refractivity contribution in [2.24, 2.45) is 5.92 Å². The summed E-state index contributed by atoms with van der Waals surface area (Å²) < 4.78 is 37.1. The van der Waals surface area contributed by atoms with E-state index in [4.69, 9.17) is 0 Å². The van der Waals surface area contributed by atoms with Crippen molar-refractivity contribution in [2.75, 3.05) is 13.1 Å². The van der Waals surface area contributed by atoms with Crippen molar-refractivity contribution in [3.63, 3.8) is 0 Å². The molecule has 130 valence electrons. The van der Waals surface area contributed by atoms with Crippen LogP contribution in [0, 0.1) is 5.92 Å². The van der Waals surface area contributed by atoms with E-state index in [9.17, 15) is 22.8 Å². The minimum atomic E-state index is -4.40. The maximum absolute atomic E-state index is 12.4. The Morgan fingerprint density at radius 1 is 1.22 bits per heavy atom. The number of fused-ring (bicyclic) bond motifs is 2. The highest BCUT2D eigenvalue weighted by molar-refractivity contribution is 5.89. The van der Waals surface area contributed by atoms with Crippen LogP contribution in [0.4, 0.5) is 13.2 Å². The molecule has 3 rings (SSSR count). The van der Waals surface area contributed by atoms with Crippen molar-refractivity contribution in [1.29, 1.82) is 0 Å². The summed E-state index contributed by atoms with van der Waals surface area (Å²) in [5, 5.41) is 6.13. The number of rotatable bonds is 4. The van der Waals surface area contributed by atoms with Gasteiger partial charge in [0.2, 0.25) is 11.8 Å². The van der Waals surface area contributed by atoms with E-state index in [0.717, 1.165) is 30.6 Å². The summed E-state index contributed by atoms with van der Waals surface area (Å²) in [6.45, 7) is -1.20. The molecule has 2 amide bonds. The standard InChI is InChI=1S/C15H22F3N3O2/c16-15(17,18)8-21-4-3-12(14(21)23)20-13(22)7-9-5-10-1-2-11(6-9)19-10/h9-12,19H,1-8H2,(H,20,22). The first-order valence-electron chi connectivity index (χ1n) is 8.21. The van der Waals surface area contributed by atoms with Gasteiger partial charge in [0.15, 0.2) is 0 Å². The Balaban J connectivity index is 1.46. The average Bonchev–Trinajstić information content (AvgIpc) is 2.94. The van der Waals surface area contributed by atoms with E-state index in [1.807, 2.05) is 0 Å². The van der Waals surface area contributed by atoms with Crippen molar-refractivity contribution in [3.8, 4) is 0 Å². The number of piperidine rings is 1. The number of carbonyl (C=O) groups is 2. The van der Waals surface area contributed by atoms with Gasteiger partial charge in [-0.05, 0) is 38.0 Å². The second-order valence-electron chi connectivity index (χ2n) is 6.96. The molecule has 0 saturated carbocycles. The number of nitrogens with one attached hydrogen (secondary N) is 2. The molecule has 0 aromatic carbocycles. The predicted octanol–water partition coefficient (Wildman–Crippen LogP) is 1.19. The number of hydrogen-bond acceptors (Lipinski definition) is 3. The van der Waals surface area contributed by atoms with E-state index >= 15 is 0 Å². The van der Waals surface area contributed by atoms with Crippen LogP contribution in [0.5, 0.6) is 0 Å². The molecule has 3 aliphatic heterocycles. The highest BCUT2D eigenvalue weighted by atomic mass is 19.4. The normalized spacial score (nSPS) is 34.0.